The molecule has 3 aromatic rings. The van der Waals surface area contributed by atoms with Gasteiger partial charge in [0.15, 0.2) is 4.34 Å². The highest BCUT2D eigenvalue weighted by Crippen LogP contribution is 2.32. The van der Waals surface area contributed by atoms with Crippen LogP contribution in [0.3, 0.4) is 0 Å². The van der Waals surface area contributed by atoms with Crippen LogP contribution in [0.15, 0.2) is 40.9 Å². The molecule has 0 atom stereocenters. The summed E-state index contributed by atoms with van der Waals surface area (Å²) in [6, 6.07) is 9.88. The molecule has 3 rings (SSSR count). The first-order chi connectivity index (χ1) is 9.22. The minimum Gasteiger partial charge on any atom is -0.399 e. The van der Waals surface area contributed by atoms with Gasteiger partial charge < -0.3 is 5.73 Å². The summed E-state index contributed by atoms with van der Waals surface area (Å²) in [6.45, 7) is 2.09. The minimum absolute atomic E-state index is 0.785. The fourth-order valence-corrected chi connectivity index (χ4v) is 3.93. The van der Waals surface area contributed by atoms with Gasteiger partial charge in [-0.3, -0.25) is 4.98 Å². The molecule has 0 aliphatic rings. The third-order valence-corrected chi connectivity index (χ3v) is 5.02. The fraction of sp³-hybridized carbons (Fsp3) is 0.143. The molecular formula is C14H13N3S2. The number of nitrogen functional groups attached to an aromatic ring is 1. The average Bonchev–Trinajstić information content (AvgIpc) is 2.79. The fourth-order valence-electron chi connectivity index (χ4n) is 1.78. The maximum absolute atomic E-state index is 5.78. The van der Waals surface area contributed by atoms with E-state index in [-0.39, 0.29) is 0 Å². The molecule has 0 spiro atoms. The van der Waals surface area contributed by atoms with Crippen LogP contribution >= 0.6 is 23.1 Å². The van der Waals surface area contributed by atoms with Crippen LogP contribution < -0.4 is 5.73 Å². The predicted octanol–water partition coefficient (Wildman–Crippen LogP) is 3.87. The monoisotopic (exact) mass is 287 g/mol. The molecule has 96 valence electrons. The van der Waals surface area contributed by atoms with Crippen molar-refractivity contribution in [3.8, 4) is 0 Å². The molecule has 0 bridgehead atoms. The quantitative estimate of drug-likeness (QED) is 0.587. The van der Waals surface area contributed by atoms with Crippen LogP contribution in [0, 0.1) is 6.92 Å². The maximum Gasteiger partial charge on any atom is 0.151 e. The molecule has 0 saturated heterocycles. The Hall–Kier alpha value is -1.59. The lowest BCUT2D eigenvalue weighted by atomic mass is 10.2. The minimum atomic E-state index is 0.785. The van der Waals surface area contributed by atoms with Crippen LogP contribution in [0.1, 0.15) is 11.3 Å². The van der Waals surface area contributed by atoms with Gasteiger partial charge in [0, 0.05) is 17.6 Å². The van der Waals surface area contributed by atoms with Crippen LogP contribution in [0.25, 0.3) is 10.2 Å². The van der Waals surface area contributed by atoms with E-state index in [1.807, 2.05) is 30.5 Å². The van der Waals surface area contributed by atoms with Gasteiger partial charge >= 0.3 is 0 Å². The molecule has 3 nitrogen and oxygen atoms in total. The van der Waals surface area contributed by atoms with Crippen LogP contribution in [0.5, 0.6) is 0 Å². The number of benzene rings is 1. The molecule has 0 radical (unpaired) electrons. The van der Waals surface area contributed by atoms with Crippen LogP contribution in [0.2, 0.25) is 0 Å². The van der Waals surface area contributed by atoms with Crippen molar-refractivity contribution in [1.82, 2.24) is 9.97 Å². The van der Waals surface area contributed by atoms with E-state index in [4.69, 9.17) is 5.73 Å². The molecule has 0 aliphatic heterocycles. The molecular weight excluding hydrogens is 274 g/mol. The van der Waals surface area contributed by atoms with E-state index < -0.39 is 0 Å². The largest absolute Gasteiger partial charge is 0.399 e. The van der Waals surface area contributed by atoms with E-state index in [0.717, 1.165) is 31.7 Å². The number of fused-ring (bicyclic) bond motifs is 1. The van der Waals surface area contributed by atoms with Crippen molar-refractivity contribution in [3.63, 3.8) is 0 Å². The molecule has 2 aromatic heterocycles. The Bertz CT molecular complexity index is 722. The summed E-state index contributed by atoms with van der Waals surface area (Å²) < 4.78 is 2.20. The summed E-state index contributed by atoms with van der Waals surface area (Å²) in [5, 5.41) is 0. The van der Waals surface area contributed by atoms with Gasteiger partial charge in [-0.05, 0) is 36.8 Å². The standard InChI is InChI=1S/C14H13N3S2/c1-9-3-2-6-16-12(9)8-18-14-17-11-5-4-10(15)7-13(11)19-14/h2-7H,8,15H2,1H3. The lowest BCUT2D eigenvalue weighted by Crippen LogP contribution is -1.89. The van der Waals surface area contributed by atoms with Gasteiger partial charge in [-0.1, -0.05) is 17.8 Å². The summed E-state index contributed by atoms with van der Waals surface area (Å²) in [7, 11) is 0. The Balaban J connectivity index is 1.80. The first kappa shape index (κ1) is 12.4. The van der Waals surface area contributed by atoms with E-state index in [0.29, 0.717) is 0 Å². The highest BCUT2D eigenvalue weighted by atomic mass is 32.2. The molecule has 0 saturated carbocycles. The van der Waals surface area contributed by atoms with Crippen molar-refractivity contribution in [3.05, 3.63) is 47.8 Å². The first-order valence-corrected chi connectivity index (χ1v) is 7.72. The molecule has 19 heavy (non-hydrogen) atoms. The highest BCUT2D eigenvalue weighted by Gasteiger charge is 2.06. The van der Waals surface area contributed by atoms with Gasteiger partial charge in [0.25, 0.3) is 0 Å². The van der Waals surface area contributed by atoms with E-state index in [1.54, 1.807) is 23.1 Å². The number of nitrogens with zero attached hydrogens (tertiary/aromatic N) is 2. The zero-order valence-corrected chi connectivity index (χ0v) is 12.1. The van der Waals surface area contributed by atoms with Crippen molar-refractivity contribution in [2.45, 2.75) is 17.0 Å². The number of aromatic nitrogens is 2. The number of nitrogens with two attached hydrogens (primary N) is 1. The first-order valence-electron chi connectivity index (χ1n) is 5.92. The Morgan fingerprint density at radius 2 is 2.21 bits per heavy atom. The second-order valence-corrected chi connectivity index (χ2v) is 6.52. The average molecular weight is 287 g/mol. The van der Waals surface area contributed by atoms with Crippen molar-refractivity contribution in [1.29, 1.82) is 0 Å². The van der Waals surface area contributed by atoms with Crippen molar-refractivity contribution in [2.75, 3.05) is 5.73 Å². The van der Waals surface area contributed by atoms with Gasteiger partial charge in [0.2, 0.25) is 0 Å². The van der Waals surface area contributed by atoms with E-state index in [9.17, 15) is 0 Å². The topological polar surface area (TPSA) is 51.8 Å². The van der Waals surface area contributed by atoms with Gasteiger partial charge in [-0.2, -0.15) is 0 Å². The number of pyridine rings is 1. The lowest BCUT2D eigenvalue weighted by molar-refractivity contribution is 1.12. The number of aryl methyl sites for hydroxylation is 1. The van der Waals surface area contributed by atoms with Crippen LogP contribution in [-0.4, -0.2) is 9.97 Å². The molecule has 5 heteroatoms. The number of thiazole rings is 1. The van der Waals surface area contributed by atoms with Gasteiger partial charge in [0.05, 0.1) is 15.9 Å². The number of anilines is 1. The number of hydrogen-bond donors (Lipinski definition) is 1. The Labute approximate surface area is 119 Å². The number of rotatable bonds is 3. The summed E-state index contributed by atoms with van der Waals surface area (Å²) >= 11 is 3.40. The summed E-state index contributed by atoms with van der Waals surface area (Å²) in [5.41, 5.74) is 9.92. The van der Waals surface area contributed by atoms with E-state index in [1.165, 1.54) is 5.56 Å². The molecule has 0 unspecified atom stereocenters. The molecule has 0 amide bonds. The molecule has 2 N–H and O–H groups in total. The van der Waals surface area contributed by atoms with Gasteiger partial charge in [-0.25, -0.2) is 4.98 Å². The van der Waals surface area contributed by atoms with Gasteiger partial charge in [0.1, 0.15) is 0 Å². The summed E-state index contributed by atoms with van der Waals surface area (Å²) in [5.74, 6) is 0.849. The maximum atomic E-state index is 5.78. The van der Waals surface area contributed by atoms with Crippen molar-refractivity contribution < 1.29 is 0 Å². The Morgan fingerprint density at radius 3 is 3.05 bits per heavy atom. The Morgan fingerprint density at radius 1 is 1.32 bits per heavy atom. The third-order valence-electron chi connectivity index (χ3n) is 2.84. The summed E-state index contributed by atoms with van der Waals surface area (Å²) in [6.07, 6.45) is 1.84. The molecule has 2 heterocycles. The SMILES string of the molecule is Cc1cccnc1CSc1nc2ccc(N)cc2s1. The number of thioether (sulfide) groups is 1. The number of hydrogen-bond acceptors (Lipinski definition) is 5. The Kier molecular flexibility index (Phi) is 3.40. The molecule has 0 aliphatic carbocycles. The van der Waals surface area contributed by atoms with Gasteiger partial charge in [-0.15, -0.1) is 11.3 Å². The second kappa shape index (κ2) is 5.19. The zero-order chi connectivity index (χ0) is 13.2. The van der Waals surface area contributed by atoms with Crippen molar-refractivity contribution in [2.24, 2.45) is 0 Å². The van der Waals surface area contributed by atoms with E-state index in [2.05, 4.69) is 23.0 Å². The normalized spacial score (nSPS) is 11.0. The van der Waals surface area contributed by atoms with Crippen LogP contribution in [0.4, 0.5) is 5.69 Å². The summed E-state index contributed by atoms with van der Waals surface area (Å²) in [4.78, 5) is 8.99. The molecule has 0 fully saturated rings. The highest BCUT2D eigenvalue weighted by molar-refractivity contribution is 8.00. The molecule has 1 aromatic carbocycles. The zero-order valence-electron chi connectivity index (χ0n) is 10.5. The van der Waals surface area contributed by atoms with Crippen LogP contribution in [-0.2, 0) is 5.75 Å². The van der Waals surface area contributed by atoms with Crippen molar-refractivity contribution >= 4 is 39.0 Å². The second-order valence-electron chi connectivity index (χ2n) is 4.26. The third kappa shape index (κ3) is 2.72. The smallest absolute Gasteiger partial charge is 0.151 e. The van der Waals surface area contributed by atoms with E-state index >= 15 is 0 Å². The lowest BCUT2D eigenvalue weighted by Gasteiger charge is -2.01. The predicted molar refractivity (Wildman–Crippen MR) is 82.6 cm³/mol.